The van der Waals surface area contributed by atoms with Crippen LogP contribution in [0.15, 0.2) is 48.5 Å². The van der Waals surface area contributed by atoms with Gasteiger partial charge in [-0.15, -0.1) is 0 Å². The number of ether oxygens (including phenoxy) is 2. The van der Waals surface area contributed by atoms with Gasteiger partial charge in [-0.3, -0.25) is 4.79 Å². The molecule has 3 aromatic rings. The minimum absolute atomic E-state index is 0.0360. The lowest BCUT2D eigenvalue weighted by Crippen LogP contribution is -2.49. The molecule has 0 aliphatic carbocycles. The smallest absolute Gasteiger partial charge is 0.270 e. The summed E-state index contributed by atoms with van der Waals surface area (Å²) in [7, 11) is 1.69. The molecule has 2 heterocycles. The molecule has 1 aromatic heterocycles. The maximum atomic E-state index is 13.0. The molecule has 28 heavy (non-hydrogen) atoms. The van der Waals surface area contributed by atoms with Gasteiger partial charge in [0.2, 0.25) is 0 Å². The number of aromatic nitrogens is 1. The van der Waals surface area contributed by atoms with E-state index in [1.165, 1.54) is 0 Å². The van der Waals surface area contributed by atoms with Crippen molar-refractivity contribution in [3.63, 3.8) is 0 Å². The number of nitrogens with zero attached hydrogens (tertiary/aromatic N) is 2. The lowest BCUT2D eigenvalue weighted by molar-refractivity contribution is 0.0741. The maximum absolute atomic E-state index is 13.0. The van der Waals surface area contributed by atoms with E-state index in [0.717, 1.165) is 41.2 Å². The first kappa shape index (κ1) is 18.2. The topological polar surface area (TPSA) is 57.8 Å². The quantitative estimate of drug-likeness (QED) is 0.737. The standard InChI is InChI=1S/C22H25N3O3/c1-3-28-17-9-8-16-14-19(23-18(16)15-17)22(26)25-12-10-24(11-13-25)20-6-4-5-7-21(20)27-2/h4-9,14-15,23H,3,10-13H2,1-2H3. The molecule has 4 rings (SSSR count). The molecule has 0 saturated carbocycles. The third-order valence-electron chi connectivity index (χ3n) is 5.13. The monoisotopic (exact) mass is 379 g/mol. The first-order valence-electron chi connectivity index (χ1n) is 9.62. The van der Waals surface area contributed by atoms with E-state index in [0.29, 0.717) is 25.4 Å². The normalized spacial score (nSPS) is 14.4. The Kier molecular flexibility index (Phi) is 5.10. The van der Waals surface area contributed by atoms with Gasteiger partial charge in [-0.2, -0.15) is 0 Å². The van der Waals surface area contributed by atoms with Crippen LogP contribution in [0.25, 0.3) is 10.9 Å². The number of carbonyl (C=O) groups is 1. The summed E-state index contributed by atoms with van der Waals surface area (Å²) in [5.41, 5.74) is 2.61. The molecule has 1 N–H and O–H groups in total. The van der Waals surface area contributed by atoms with Gasteiger partial charge >= 0.3 is 0 Å². The maximum Gasteiger partial charge on any atom is 0.270 e. The van der Waals surface area contributed by atoms with Crippen molar-refractivity contribution in [2.45, 2.75) is 6.92 Å². The zero-order valence-electron chi connectivity index (χ0n) is 16.3. The second-order valence-corrected chi connectivity index (χ2v) is 6.82. The van der Waals surface area contributed by atoms with Crippen molar-refractivity contribution in [1.82, 2.24) is 9.88 Å². The Balaban J connectivity index is 1.46. The summed E-state index contributed by atoms with van der Waals surface area (Å²) in [6.07, 6.45) is 0. The number of amides is 1. The molecule has 1 aliphatic heterocycles. The van der Waals surface area contributed by atoms with Crippen LogP contribution in [0.4, 0.5) is 5.69 Å². The van der Waals surface area contributed by atoms with Crippen LogP contribution < -0.4 is 14.4 Å². The van der Waals surface area contributed by atoms with E-state index in [4.69, 9.17) is 9.47 Å². The Labute approximate surface area is 164 Å². The van der Waals surface area contributed by atoms with Crippen molar-refractivity contribution in [2.24, 2.45) is 0 Å². The third kappa shape index (κ3) is 3.50. The Morgan fingerprint density at radius 1 is 1.07 bits per heavy atom. The largest absolute Gasteiger partial charge is 0.495 e. The molecule has 0 spiro atoms. The van der Waals surface area contributed by atoms with Gasteiger partial charge in [0, 0.05) is 43.1 Å². The number of methoxy groups -OCH3 is 1. The van der Waals surface area contributed by atoms with Crippen LogP contribution in [0, 0.1) is 0 Å². The summed E-state index contributed by atoms with van der Waals surface area (Å²) in [6, 6.07) is 15.8. The first-order chi connectivity index (χ1) is 13.7. The lowest BCUT2D eigenvalue weighted by atomic mass is 10.2. The third-order valence-corrected chi connectivity index (χ3v) is 5.13. The molecular weight excluding hydrogens is 354 g/mol. The number of carbonyl (C=O) groups excluding carboxylic acids is 1. The summed E-state index contributed by atoms with van der Waals surface area (Å²) in [4.78, 5) is 20.4. The van der Waals surface area contributed by atoms with Crippen LogP contribution in [0.2, 0.25) is 0 Å². The summed E-state index contributed by atoms with van der Waals surface area (Å²) in [5, 5.41) is 1.01. The molecule has 0 radical (unpaired) electrons. The number of hydrogen-bond acceptors (Lipinski definition) is 4. The number of aromatic amines is 1. The van der Waals surface area contributed by atoms with Gasteiger partial charge in [-0.25, -0.2) is 0 Å². The van der Waals surface area contributed by atoms with E-state index in [-0.39, 0.29) is 5.91 Å². The number of rotatable bonds is 5. The van der Waals surface area contributed by atoms with Gasteiger partial charge in [0.1, 0.15) is 17.2 Å². The molecule has 1 aliphatic rings. The van der Waals surface area contributed by atoms with Crippen molar-refractivity contribution < 1.29 is 14.3 Å². The molecule has 0 bridgehead atoms. The van der Waals surface area contributed by atoms with Crippen molar-refractivity contribution in [3.05, 3.63) is 54.2 Å². The zero-order valence-corrected chi connectivity index (χ0v) is 16.3. The van der Waals surface area contributed by atoms with Crippen molar-refractivity contribution in [3.8, 4) is 11.5 Å². The number of anilines is 1. The molecular formula is C22H25N3O3. The van der Waals surface area contributed by atoms with Crippen molar-refractivity contribution in [2.75, 3.05) is 44.8 Å². The van der Waals surface area contributed by atoms with Gasteiger partial charge < -0.3 is 24.3 Å². The van der Waals surface area contributed by atoms with Gasteiger partial charge in [0.25, 0.3) is 5.91 Å². The van der Waals surface area contributed by atoms with E-state index >= 15 is 0 Å². The molecule has 1 amide bonds. The number of hydrogen-bond donors (Lipinski definition) is 1. The highest BCUT2D eigenvalue weighted by Crippen LogP contribution is 2.29. The van der Waals surface area contributed by atoms with E-state index in [2.05, 4.69) is 16.0 Å². The average molecular weight is 379 g/mol. The van der Waals surface area contributed by atoms with E-state index in [1.54, 1.807) is 7.11 Å². The second-order valence-electron chi connectivity index (χ2n) is 6.82. The Morgan fingerprint density at radius 2 is 1.86 bits per heavy atom. The highest BCUT2D eigenvalue weighted by Gasteiger charge is 2.24. The molecule has 0 unspecified atom stereocenters. The predicted molar refractivity (Wildman–Crippen MR) is 111 cm³/mol. The molecule has 6 heteroatoms. The van der Waals surface area contributed by atoms with Crippen LogP contribution in [0.1, 0.15) is 17.4 Å². The molecule has 6 nitrogen and oxygen atoms in total. The number of nitrogens with one attached hydrogen (secondary N) is 1. The summed E-state index contributed by atoms with van der Waals surface area (Å²) >= 11 is 0. The van der Waals surface area contributed by atoms with Crippen molar-refractivity contribution in [1.29, 1.82) is 0 Å². The Bertz CT molecular complexity index is 974. The first-order valence-corrected chi connectivity index (χ1v) is 9.62. The molecule has 146 valence electrons. The van der Waals surface area contributed by atoms with Crippen LogP contribution >= 0.6 is 0 Å². The Morgan fingerprint density at radius 3 is 2.61 bits per heavy atom. The molecule has 1 fully saturated rings. The Hall–Kier alpha value is -3.15. The van der Waals surface area contributed by atoms with Gasteiger partial charge in [-0.1, -0.05) is 12.1 Å². The molecule has 2 aromatic carbocycles. The van der Waals surface area contributed by atoms with E-state index < -0.39 is 0 Å². The molecule has 1 saturated heterocycles. The fourth-order valence-electron chi connectivity index (χ4n) is 3.69. The SMILES string of the molecule is CCOc1ccc2cc(C(=O)N3CCN(c4ccccc4OC)CC3)[nH]c2c1. The minimum Gasteiger partial charge on any atom is -0.495 e. The van der Waals surface area contributed by atoms with Crippen LogP contribution in [-0.2, 0) is 0 Å². The number of piperazine rings is 1. The average Bonchev–Trinajstić information content (AvgIpc) is 3.17. The predicted octanol–water partition coefficient (Wildman–Crippen LogP) is 3.54. The lowest BCUT2D eigenvalue weighted by Gasteiger charge is -2.36. The van der Waals surface area contributed by atoms with E-state index in [1.807, 2.05) is 54.3 Å². The van der Waals surface area contributed by atoms with Crippen LogP contribution in [-0.4, -0.2) is 55.7 Å². The number of fused-ring (bicyclic) bond motifs is 1. The fourth-order valence-corrected chi connectivity index (χ4v) is 3.69. The summed E-state index contributed by atoms with van der Waals surface area (Å²) in [5.74, 6) is 1.71. The minimum atomic E-state index is 0.0360. The highest BCUT2D eigenvalue weighted by molar-refractivity contribution is 5.98. The van der Waals surface area contributed by atoms with Gasteiger partial charge in [0.15, 0.2) is 0 Å². The zero-order chi connectivity index (χ0) is 19.5. The fraction of sp³-hybridized carbons (Fsp3) is 0.318. The van der Waals surface area contributed by atoms with Crippen LogP contribution in [0.5, 0.6) is 11.5 Å². The van der Waals surface area contributed by atoms with Gasteiger partial charge in [0.05, 0.1) is 19.4 Å². The number of H-pyrrole nitrogens is 1. The van der Waals surface area contributed by atoms with Gasteiger partial charge in [-0.05, 0) is 37.3 Å². The summed E-state index contributed by atoms with van der Waals surface area (Å²) < 4.78 is 11.0. The number of benzene rings is 2. The van der Waals surface area contributed by atoms with Crippen LogP contribution in [0.3, 0.4) is 0 Å². The number of para-hydroxylation sites is 2. The molecule has 0 atom stereocenters. The highest BCUT2D eigenvalue weighted by atomic mass is 16.5. The van der Waals surface area contributed by atoms with E-state index in [9.17, 15) is 4.79 Å². The second kappa shape index (κ2) is 7.84. The van der Waals surface area contributed by atoms with Crippen molar-refractivity contribution >= 4 is 22.5 Å². The summed E-state index contributed by atoms with van der Waals surface area (Å²) in [6.45, 7) is 5.49.